The third-order valence-corrected chi connectivity index (χ3v) is 6.94. The molecule has 0 saturated carbocycles. The summed E-state index contributed by atoms with van der Waals surface area (Å²) in [4.78, 5) is 1.09. The van der Waals surface area contributed by atoms with E-state index >= 15 is 0 Å². The van der Waals surface area contributed by atoms with Crippen molar-refractivity contribution in [3.63, 3.8) is 0 Å². The van der Waals surface area contributed by atoms with Gasteiger partial charge in [-0.05, 0) is 57.0 Å². The van der Waals surface area contributed by atoms with Gasteiger partial charge in [-0.15, -0.1) is 11.3 Å². The normalized spacial score (nSPS) is 13.6. The van der Waals surface area contributed by atoms with Crippen LogP contribution in [0.25, 0.3) is 0 Å². The Kier molecular flexibility index (Phi) is 8.13. The average molecular weight is 337 g/mol. The van der Waals surface area contributed by atoms with Gasteiger partial charge in [-0.3, -0.25) is 0 Å². The maximum Gasteiger partial charge on any atom is 0.250 e. The van der Waals surface area contributed by atoms with Crippen LogP contribution in [0.3, 0.4) is 0 Å². The number of hydrogen-bond donors (Lipinski definition) is 2. The molecule has 0 radical (unpaired) electrons. The highest BCUT2D eigenvalue weighted by atomic mass is 32.2. The molecule has 0 amide bonds. The molecule has 1 heterocycles. The third-order valence-electron chi connectivity index (χ3n) is 2.78. The lowest BCUT2D eigenvalue weighted by Gasteiger charge is -2.12. The first-order chi connectivity index (χ1) is 9.49. The Bertz CT molecular complexity index is 486. The number of thiophene rings is 1. The van der Waals surface area contributed by atoms with E-state index in [2.05, 4.69) is 17.0 Å². The summed E-state index contributed by atoms with van der Waals surface area (Å²) in [5.74, 6) is 2.05. The van der Waals surface area contributed by atoms with Gasteiger partial charge in [-0.1, -0.05) is 6.92 Å². The van der Waals surface area contributed by atoms with Crippen LogP contribution in [-0.2, 0) is 16.4 Å². The topological polar surface area (TPSA) is 58.2 Å². The van der Waals surface area contributed by atoms with Crippen LogP contribution in [0.1, 0.15) is 25.1 Å². The van der Waals surface area contributed by atoms with Gasteiger partial charge < -0.3 is 5.32 Å². The first-order valence-corrected chi connectivity index (χ1v) is 10.3. The predicted octanol–water partition coefficient (Wildman–Crippen LogP) is 2.32. The maximum absolute atomic E-state index is 12.2. The standard InChI is InChI=1S/C13H24N2O2S3/c1-4-18-10-8-11(2)15-20(16,17)13-6-5-12(19-13)7-9-14-3/h5-6,11,14-15H,4,7-10H2,1-3H3. The maximum atomic E-state index is 12.2. The molecule has 1 aromatic rings. The summed E-state index contributed by atoms with van der Waals surface area (Å²) in [6.07, 6.45) is 1.72. The average Bonchev–Trinajstić information content (AvgIpc) is 2.85. The van der Waals surface area contributed by atoms with Crippen LogP contribution in [-0.4, -0.2) is 39.6 Å². The third kappa shape index (κ3) is 6.13. The Morgan fingerprint density at radius 1 is 1.40 bits per heavy atom. The first-order valence-electron chi connectivity index (χ1n) is 6.83. The van der Waals surface area contributed by atoms with Gasteiger partial charge in [0.15, 0.2) is 0 Å². The van der Waals surface area contributed by atoms with Gasteiger partial charge in [0, 0.05) is 10.9 Å². The van der Waals surface area contributed by atoms with Crippen molar-refractivity contribution >= 4 is 33.1 Å². The SMILES string of the molecule is CCSCCC(C)NS(=O)(=O)c1ccc(CCNC)s1. The molecule has 0 saturated heterocycles. The molecule has 0 aliphatic carbocycles. The minimum Gasteiger partial charge on any atom is -0.319 e. The van der Waals surface area contributed by atoms with Crippen LogP contribution in [0.4, 0.5) is 0 Å². The van der Waals surface area contributed by atoms with Gasteiger partial charge in [0.2, 0.25) is 10.0 Å². The molecule has 1 aromatic heterocycles. The Morgan fingerprint density at radius 2 is 2.15 bits per heavy atom. The molecule has 2 N–H and O–H groups in total. The summed E-state index contributed by atoms with van der Waals surface area (Å²) in [7, 11) is -1.47. The monoisotopic (exact) mass is 336 g/mol. The molecule has 116 valence electrons. The number of likely N-dealkylation sites (N-methyl/N-ethyl adjacent to an activating group) is 1. The lowest BCUT2D eigenvalue weighted by Crippen LogP contribution is -2.32. The van der Waals surface area contributed by atoms with E-state index in [4.69, 9.17) is 0 Å². The molecule has 4 nitrogen and oxygen atoms in total. The van der Waals surface area contributed by atoms with Crippen LogP contribution >= 0.6 is 23.1 Å². The van der Waals surface area contributed by atoms with Crippen molar-refractivity contribution in [3.05, 3.63) is 17.0 Å². The Hall–Kier alpha value is -0.0800. The summed E-state index contributed by atoms with van der Waals surface area (Å²) in [6.45, 7) is 4.89. The van der Waals surface area contributed by atoms with Crippen molar-refractivity contribution in [3.8, 4) is 0 Å². The molecule has 20 heavy (non-hydrogen) atoms. The fourth-order valence-electron chi connectivity index (χ4n) is 1.67. The number of sulfonamides is 1. The van der Waals surface area contributed by atoms with E-state index in [-0.39, 0.29) is 6.04 Å². The van der Waals surface area contributed by atoms with Crippen LogP contribution in [0.2, 0.25) is 0 Å². The number of nitrogens with one attached hydrogen (secondary N) is 2. The summed E-state index contributed by atoms with van der Waals surface area (Å²) in [5.41, 5.74) is 0. The summed E-state index contributed by atoms with van der Waals surface area (Å²) >= 11 is 3.19. The van der Waals surface area contributed by atoms with Gasteiger partial charge in [-0.2, -0.15) is 11.8 Å². The molecule has 7 heteroatoms. The van der Waals surface area contributed by atoms with E-state index < -0.39 is 10.0 Å². The largest absolute Gasteiger partial charge is 0.319 e. The summed E-state index contributed by atoms with van der Waals surface area (Å²) in [5, 5.41) is 3.06. The van der Waals surface area contributed by atoms with Crippen molar-refractivity contribution < 1.29 is 8.42 Å². The van der Waals surface area contributed by atoms with E-state index in [1.54, 1.807) is 6.07 Å². The molecule has 0 aliphatic heterocycles. The number of thioether (sulfide) groups is 1. The highest BCUT2D eigenvalue weighted by Crippen LogP contribution is 2.22. The van der Waals surface area contributed by atoms with Crippen molar-refractivity contribution in [2.24, 2.45) is 0 Å². The van der Waals surface area contributed by atoms with Gasteiger partial charge in [-0.25, -0.2) is 13.1 Å². The molecular weight excluding hydrogens is 312 g/mol. The fraction of sp³-hybridized carbons (Fsp3) is 0.692. The fourth-order valence-corrected chi connectivity index (χ4v) is 5.13. The molecule has 0 aromatic carbocycles. The second-order valence-corrected chi connectivity index (χ2v) is 9.09. The van der Waals surface area contributed by atoms with Crippen molar-refractivity contribution in [2.45, 2.75) is 36.9 Å². The van der Waals surface area contributed by atoms with Crippen molar-refractivity contribution in [2.75, 3.05) is 25.1 Å². The second kappa shape index (κ2) is 9.04. The number of hydrogen-bond acceptors (Lipinski definition) is 5. The lowest BCUT2D eigenvalue weighted by molar-refractivity contribution is 0.559. The molecule has 1 rings (SSSR count). The van der Waals surface area contributed by atoms with Gasteiger partial charge in [0.05, 0.1) is 0 Å². The molecule has 0 aliphatic rings. The van der Waals surface area contributed by atoms with E-state index in [0.717, 1.165) is 35.8 Å². The van der Waals surface area contributed by atoms with E-state index in [1.807, 2.05) is 31.8 Å². The molecule has 0 fully saturated rings. The minimum absolute atomic E-state index is 0.0260. The number of rotatable bonds is 10. The summed E-state index contributed by atoms with van der Waals surface area (Å²) < 4.78 is 27.6. The van der Waals surface area contributed by atoms with Gasteiger partial charge in [0.1, 0.15) is 4.21 Å². The quantitative estimate of drug-likeness (QED) is 0.644. The van der Waals surface area contributed by atoms with Crippen LogP contribution in [0, 0.1) is 0 Å². The lowest BCUT2D eigenvalue weighted by atomic mass is 10.3. The van der Waals surface area contributed by atoms with Crippen LogP contribution in [0.5, 0.6) is 0 Å². The minimum atomic E-state index is -3.36. The zero-order valence-electron chi connectivity index (χ0n) is 12.3. The first kappa shape index (κ1) is 18.0. The highest BCUT2D eigenvalue weighted by molar-refractivity contribution is 7.99. The van der Waals surface area contributed by atoms with Crippen molar-refractivity contribution in [1.82, 2.24) is 10.0 Å². The molecule has 0 spiro atoms. The van der Waals surface area contributed by atoms with E-state index in [0.29, 0.717) is 4.21 Å². The van der Waals surface area contributed by atoms with Crippen LogP contribution < -0.4 is 10.0 Å². The van der Waals surface area contributed by atoms with Crippen LogP contribution in [0.15, 0.2) is 16.3 Å². The molecule has 1 unspecified atom stereocenters. The van der Waals surface area contributed by atoms with E-state index in [9.17, 15) is 8.42 Å². The zero-order valence-corrected chi connectivity index (χ0v) is 14.8. The summed E-state index contributed by atoms with van der Waals surface area (Å²) in [6, 6.07) is 3.57. The highest BCUT2D eigenvalue weighted by Gasteiger charge is 2.19. The zero-order chi connectivity index (χ0) is 15.0. The Labute approximate surface area is 130 Å². The van der Waals surface area contributed by atoms with Gasteiger partial charge in [0.25, 0.3) is 0 Å². The molecule has 1 atom stereocenters. The second-order valence-electron chi connectivity index (χ2n) is 4.58. The van der Waals surface area contributed by atoms with E-state index in [1.165, 1.54) is 11.3 Å². The molecule has 0 bridgehead atoms. The predicted molar refractivity (Wildman–Crippen MR) is 89.3 cm³/mol. The van der Waals surface area contributed by atoms with Gasteiger partial charge >= 0.3 is 0 Å². The molecular formula is C13H24N2O2S3. The smallest absolute Gasteiger partial charge is 0.250 e. The Morgan fingerprint density at radius 3 is 2.80 bits per heavy atom. The Balaban J connectivity index is 2.57. The van der Waals surface area contributed by atoms with Crippen molar-refractivity contribution in [1.29, 1.82) is 0 Å².